The van der Waals surface area contributed by atoms with Crippen molar-refractivity contribution in [3.63, 3.8) is 0 Å². The summed E-state index contributed by atoms with van der Waals surface area (Å²) in [6, 6.07) is 10.3. The summed E-state index contributed by atoms with van der Waals surface area (Å²) in [5, 5.41) is 9.21. The van der Waals surface area contributed by atoms with E-state index in [2.05, 4.69) is 12.1 Å². The van der Waals surface area contributed by atoms with Crippen LogP contribution < -0.4 is 5.73 Å². The quantitative estimate of drug-likeness (QED) is 0.716. The second-order valence-corrected chi connectivity index (χ2v) is 3.27. The lowest BCUT2D eigenvalue weighted by atomic mass is 10.1. The predicted molar refractivity (Wildman–Crippen MR) is 54.4 cm³/mol. The van der Waals surface area contributed by atoms with Gasteiger partial charge in [0.2, 0.25) is 0 Å². The van der Waals surface area contributed by atoms with Crippen LogP contribution >= 0.6 is 0 Å². The Hall–Kier alpha value is -0.860. The van der Waals surface area contributed by atoms with E-state index < -0.39 is 0 Å². The molecule has 3 N–H and O–H groups in total. The standard InChI is InChI=1S/C11H17NO/c12-9-11(13)8-4-7-10-5-2-1-3-6-10/h1-3,5-6,11,13H,4,7-9,12H2. The summed E-state index contributed by atoms with van der Waals surface area (Å²) in [5.41, 5.74) is 6.63. The van der Waals surface area contributed by atoms with Crippen molar-refractivity contribution >= 4 is 0 Å². The zero-order valence-electron chi connectivity index (χ0n) is 7.82. The molecule has 0 saturated heterocycles. The monoisotopic (exact) mass is 179 g/mol. The zero-order valence-corrected chi connectivity index (χ0v) is 7.82. The van der Waals surface area contributed by atoms with E-state index in [1.54, 1.807) is 0 Å². The summed E-state index contributed by atoms with van der Waals surface area (Å²) >= 11 is 0. The molecule has 0 saturated carbocycles. The van der Waals surface area contributed by atoms with Gasteiger partial charge in [-0.1, -0.05) is 30.3 Å². The average Bonchev–Trinajstić information content (AvgIpc) is 2.19. The molecule has 0 aromatic heterocycles. The number of hydrogen-bond donors (Lipinski definition) is 2. The van der Waals surface area contributed by atoms with Crippen molar-refractivity contribution in [3.05, 3.63) is 35.9 Å². The Labute approximate surface area is 79.4 Å². The first-order valence-corrected chi connectivity index (χ1v) is 4.75. The molecule has 0 radical (unpaired) electrons. The minimum absolute atomic E-state index is 0.330. The number of hydrogen-bond acceptors (Lipinski definition) is 2. The molecular formula is C11H17NO. The van der Waals surface area contributed by atoms with Crippen LogP contribution in [-0.4, -0.2) is 17.8 Å². The summed E-state index contributed by atoms with van der Waals surface area (Å²) < 4.78 is 0. The largest absolute Gasteiger partial charge is 0.392 e. The van der Waals surface area contributed by atoms with Crippen LogP contribution in [0, 0.1) is 0 Å². The lowest BCUT2D eigenvalue weighted by molar-refractivity contribution is 0.170. The van der Waals surface area contributed by atoms with Gasteiger partial charge < -0.3 is 10.8 Å². The van der Waals surface area contributed by atoms with E-state index in [0.29, 0.717) is 6.54 Å². The summed E-state index contributed by atoms with van der Waals surface area (Å²) in [5.74, 6) is 0. The number of rotatable bonds is 5. The van der Waals surface area contributed by atoms with E-state index in [-0.39, 0.29) is 6.10 Å². The molecule has 0 amide bonds. The van der Waals surface area contributed by atoms with E-state index in [0.717, 1.165) is 19.3 Å². The minimum atomic E-state index is -0.330. The van der Waals surface area contributed by atoms with Gasteiger partial charge in [-0.25, -0.2) is 0 Å². The van der Waals surface area contributed by atoms with Crippen molar-refractivity contribution in [1.82, 2.24) is 0 Å². The molecular weight excluding hydrogens is 162 g/mol. The van der Waals surface area contributed by atoms with Gasteiger partial charge in [-0.3, -0.25) is 0 Å². The van der Waals surface area contributed by atoms with E-state index in [9.17, 15) is 5.11 Å². The van der Waals surface area contributed by atoms with Crippen LogP contribution in [0.2, 0.25) is 0 Å². The molecule has 1 unspecified atom stereocenters. The number of aryl methyl sites for hydroxylation is 1. The second-order valence-electron chi connectivity index (χ2n) is 3.27. The van der Waals surface area contributed by atoms with Crippen molar-refractivity contribution < 1.29 is 5.11 Å². The molecule has 13 heavy (non-hydrogen) atoms. The molecule has 0 heterocycles. The van der Waals surface area contributed by atoms with Gasteiger partial charge in [-0.05, 0) is 24.8 Å². The maximum absolute atomic E-state index is 9.21. The van der Waals surface area contributed by atoms with E-state index in [4.69, 9.17) is 5.73 Å². The Morgan fingerprint density at radius 1 is 1.23 bits per heavy atom. The fourth-order valence-corrected chi connectivity index (χ4v) is 1.30. The number of nitrogens with two attached hydrogens (primary N) is 1. The Morgan fingerprint density at radius 2 is 1.92 bits per heavy atom. The SMILES string of the molecule is NCC(O)CCCc1ccccc1. The van der Waals surface area contributed by atoms with Gasteiger partial charge in [0.25, 0.3) is 0 Å². The molecule has 1 atom stereocenters. The third kappa shape index (κ3) is 4.06. The highest BCUT2D eigenvalue weighted by Gasteiger charge is 2.00. The van der Waals surface area contributed by atoms with Crippen LogP contribution in [0.5, 0.6) is 0 Å². The van der Waals surface area contributed by atoms with Gasteiger partial charge in [0.15, 0.2) is 0 Å². The van der Waals surface area contributed by atoms with E-state index in [1.165, 1.54) is 5.56 Å². The van der Waals surface area contributed by atoms with Crippen molar-refractivity contribution in [2.45, 2.75) is 25.4 Å². The van der Waals surface area contributed by atoms with Crippen molar-refractivity contribution in [3.8, 4) is 0 Å². The van der Waals surface area contributed by atoms with Crippen LogP contribution in [0.25, 0.3) is 0 Å². The molecule has 0 aliphatic rings. The third-order valence-corrected chi connectivity index (χ3v) is 2.12. The van der Waals surface area contributed by atoms with Gasteiger partial charge in [0, 0.05) is 6.54 Å². The topological polar surface area (TPSA) is 46.2 Å². The molecule has 0 spiro atoms. The van der Waals surface area contributed by atoms with Gasteiger partial charge >= 0.3 is 0 Å². The molecule has 0 aliphatic heterocycles. The van der Waals surface area contributed by atoms with Gasteiger partial charge in [0.05, 0.1) is 6.10 Å². The van der Waals surface area contributed by atoms with Crippen LogP contribution in [0.1, 0.15) is 18.4 Å². The molecule has 1 aromatic carbocycles. The van der Waals surface area contributed by atoms with E-state index >= 15 is 0 Å². The summed E-state index contributed by atoms with van der Waals surface area (Å²) in [7, 11) is 0. The lowest BCUT2D eigenvalue weighted by Gasteiger charge is -2.06. The van der Waals surface area contributed by atoms with Crippen LogP contribution in [0.15, 0.2) is 30.3 Å². The first kappa shape index (κ1) is 10.2. The van der Waals surface area contributed by atoms with E-state index in [1.807, 2.05) is 18.2 Å². The number of benzene rings is 1. The van der Waals surface area contributed by atoms with Crippen LogP contribution in [0.4, 0.5) is 0 Å². The molecule has 0 fully saturated rings. The average molecular weight is 179 g/mol. The summed E-state index contributed by atoms with van der Waals surface area (Å²) in [6.45, 7) is 0.370. The number of aliphatic hydroxyl groups excluding tert-OH is 1. The second kappa shape index (κ2) is 5.73. The molecule has 2 heteroatoms. The molecule has 72 valence electrons. The maximum atomic E-state index is 9.21. The van der Waals surface area contributed by atoms with Crippen LogP contribution in [-0.2, 0) is 6.42 Å². The molecule has 1 aromatic rings. The van der Waals surface area contributed by atoms with Crippen molar-refractivity contribution in [2.24, 2.45) is 5.73 Å². The summed E-state index contributed by atoms with van der Waals surface area (Å²) in [4.78, 5) is 0. The van der Waals surface area contributed by atoms with Crippen molar-refractivity contribution in [2.75, 3.05) is 6.54 Å². The summed E-state index contributed by atoms with van der Waals surface area (Å²) in [6.07, 6.45) is 2.50. The third-order valence-electron chi connectivity index (χ3n) is 2.12. The molecule has 2 nitrogen and oxygen atoms in total. The lowest BCUT2D eigenvalue weighted by Crippen LogP contribution is -2.19. The van der Waals surface area contributed by atoms with Gasteiger partial charge in [0.1, 0.15) is 0 Å². The molecule has 0 bridgehead atoms. The smallest absolute Gasteiger partial charge is 0.0662 e. The first-order valence-electron chi connectivity index (χ1n) is 4.75. The highest BCUT2D eigenvalue weighted by atomic mass is 16.3. The zero-order chi connectivity index (χ0) is 9.52. The fourth-order valence-electron chi connectivity index (χ4n) is 1.30. The Morgan fingerprint density at radius 3 is 2.54 bits per heavy atom. The molecule has 0 aliphatic carbocycles. The Bertz CT molecular complexity index is 223. The highest BCUT2D eigenvalue weighted by Crippen LogP contribution is 2.05. The predicted octanol–water partition coefficient (Wildman–Crippen LogP) is 1.33. The van der Waals surface area contributed by atoms with Crippen LogP contribution in [0.3, 0.4) is 0 Å². The Balaban J connectivity index is 2.20. The van der Waals surface area contributed by atoms with Gasteiger partial charge in [-0.2, -0.15) is 0 Å². The van der Waals surface area contributed by atoms with Crippen molar-refractivity contribution in [1.29, 1.82) is 0 Å². The normalized spacial score (nSPS) is 12.8. The maximum Gasteiger partial charge on any atom is 0.0662 e. The minimum Gasteiger partial charge on any atom is -0.392 e. The number of aliphatic hydroxyl groups is 1. The molecule has 1 rings (SSSR count). The van der Waals surface area contributed by atoms with Gasteiger partial charge in [-0.15, -0.1) is 0 Å². The first-order chi connectivity index (χ1) is 6.33. The Kier molecular flexibility index (Phi) is 4.50. The highest BCUT2D eigenvalue weighted by molar-refractivity contribution is 5.14. The fraction of sp³-hybridized carbons (Fsp3) is 0.455.